The normalized spacial score (nSPS) is 28.3. The maximum Gasteiger partial charge on any atom is 0.202 e. The van der Waals surface area contributed by atoms with Gasteiger partial charge in [-0.25, -0.2) is 0 Å². The molecule has 1 aliphatic heterocycles. The Morgan fingerprint density at radius 2 is 1.76 bits per heavy atom. The van der Waals surface area contributed by atoms with Gasteiger partial charge in [-0.15, -0.1) is 0 Å². The van der Waals surface area contributed by atoms with Crippen molar-refractivity contribution in [3.05, 3.63) is 51.6 Å². The van der Waals surface area contributed by atoms with Crippen molar-refractivity contribution in [3.63, 3.8) is 0 Å². The van der Waals surface area contributed by atoms with Gasteiger partial charge in [-0.1, -0.05) is 26.0 Å². The van der Waals surface area contributed by atoms with E-state index in [1.807, 2.05) is 6.92 Å². The van der Waals surface area contributed by atoms with Crippen molar-refractivity contribution in [1.29, 1.82) is 0 Å². The minimum absolute atomic E-state index is 0.0155. The molecule has 1 saturated heterocycles. The van der Waals surface area contributed by atoms with Gasteiger partial charge in [-0.05, 0) is 31.7 Å². The third-order valence-electron chi connectivity index (χ3n) is 8.15. The van der Waals surface area contributed by atoms with Crippen LogP contribution in [0.2, 0.25) is 0 Å². The summed E-state index contributed by atoms with van der Waals surface area (Å²) in [6, 6.07) is 4.60. The van der Waals surface area contributed by atoms with Crippen LogP contribution in [-0.2, 0) is 20.7 Å². The largest absolute Gasteiger partial charge is 0.507 e. The second-order valence-electron chi connectivity index (χ2n) is 10.4. The lowest BCUT2D eigenvalue weighted by molar-refractivity contribution is -0.251. The number of aromatic hydroxyl groups is 2. The molecule has 3 N–H and O–H groups in total. The molecular formula is C29H32O9. The maximum absolute atomic E-state index is 13.7. The molecule has 3 aliphatic rings. The first-order chi connectivity index (χ1) is 18.1. The maximum atomic E-state index is 13.7. The summed E-state index contributed by atoms with van der Waals surface area (Å²) in [6.45, 7) is 5.37. The molecule has 9 nitrogen and oxygen atoms in total. The summed E-state index contributed by atoms with van der Waals surface area (Å²) in [4.78, 5) is 40.0. The zero-order valence-electron chi connectivity index (χ0n) is 21.8. The number of phenolic OH excluding ortho intramolecular Hbond substituents is 2. The highest BCUT2D eigenvalue weighted by atomic mass is 16.7. The van der Waals surface area contributed by atoms with E-state index in [2.05, 4.69) is 0 Å². The van der Waals surface area contributed by atoms with Crippen LogP contribution in [-0.4, -0.2) is 58.3 Å². The van der Waals surface area contributed by atoms with E-state index in [4.69, 9.17) is 14.2 Å². The van der Waals surface area contributed by atoms with E-state index in [-0.39, 0.29) is 70.1 Å². The highest BCUT2D eigenvalue weighted by molar-refractivity contribution is 6.31. The number of hydrogen-bond donors (Lipinski definition) is 3. The van der Waals surface area contributed by atoms with Gasteiger partial charge in [0.1, 0.15) is 23.0 Å². The lowest BCUT2D eigenvalue weighted by Crippen LogP contribution is -2.44. The molecule has 0 unspecified atom stereocenters. The molecule has 2 aromatic rings. The minimum Gasteiger partial charge on any atom is -0.507 e. The number of methoxy groups -OCH3 is 1. The van der Waals surface area contributed by atoms with E-state index in [1.165, 1.54) is 13.2 Å². The Morgan fingerprint density at radius 1 is 1.05 bits per heavy atom. The monoisotopic (exact) mass is 524 g/mol. The summed E-state index contributed by atoms with van der Waals surface area (Å²) in [7, 11) is 1.38. The molecule has 0 radical (unpaired) electrons. The molecule has 0 bridgehead atoms. The number of ether oxygens (including phenoxy) is 3. The Hall–Kier alpha value is -3.27. The number of carbonyl (C=O) groups excluding carboxylic acids is 3. The first-order valence-corrected chi connectivity index (χ1v) is 13.0. The van der Waals surface area contributed by atoms with Crippen LogP contribution in [0.3, 0.4) is 0 Å². The van der Waals surface area contributed by atoms with Gasteiger partial charge in [-0.3, -0.25) is 14.4 Å². The van der Waals surface area contributed by atoms with Gasteiger partial charge in [0.15, 0.2) is 12.1 Å². The molecule has 0 saturated carbocycles. The number of aliphatic hydroxyl groups is 1. The number of benzene rings is 2. The van der Waals surface area contributed by atoms with Crippen molar-refractivity contribution in [2.45, 2.75) is 71.1 Å². The van der Waals surface area contributed by atoms with Crippen LogP contribution in [0.1, 0.15) is 89.1 Å². The summed E-state index contributed by atoms with van der Waals surface area (Å²) < 4.78 is 17.5. The van der Waals surface area contributed by atoms with E-state index in [0.29, 0.717) is 6.42 Å². The van der Waals surface area contributed by atoms with Gasteiger partial charge < -0.3 is 29.5 Å². The molecule has 202 valence electrons. The zero-order chi connectivity index (χ0) is 27.5. The number of rotatable bonds is 5. The fourth-order valence-corrected chi connectivity index (χ4v) is 6.09. The Balaban J connectivity index is 1.65. The zero-order valence-corrected chi connectivity index (χ0v) is 21.8. The smallest absolute Gasteiger partial charge is 0.202 e. The van der Waals surface area contributed by atoms with Crippen molar-refractivity contribution in [1.82, 2.24) is 0 Å². The molecule has 0 amide bonds. The quantitative estimate of drug-likeness (QED) is 0.427. The SMILES string of the molecule is CCC(=O)[C@@H]1Cc2c(O)c3c(c(O)c2[C@@H](O[C@H]2C[C@H](C)[C@H](O)[C@H](C)O2)C1)C(=O)c1c(OC)cccc1C3=O. The van der Waals surface area contributed by atoms with Crippen molar-refractivity contribution in [2.24, 2.45) is 11.8 Å². The first-order valence-electron chi connectivity index (χ1n) is 13.0. The number of ketones is 3. The Morgan fingerprint density at radius 3 is 2.42 bits per heavy atom. The van der Waals surface area contributed by atoms with Crippen molar-refractivity contribution in [2.75, 3.05) is 7.11 Å². The molecule has 6 atom stereocenters. The standard InChI is InChI=1S/C29H32O9/c1-5-17(30)14-10-16-22(19(11-14)38-20-9-12(2)25(31)13(3)37-20)29(35)24-23(27(16)33)26(32)15-7-6-8-18(36-4)21(15)28(24)34/h6-8,12-14,19-20,25,31,33,35H,5,9-11H2,1-4H3/t12-,13-,14+,19-,20-,25-/m0/s1. The number of hydrogen-bond acceptors (Lipinski definition) is 9. The second kappa shape index (κ2) is 9.80. The van der Waals surface area contributed by atoms with Crippen LogP contribution in [0.4, 0.5) is 0 Å². The summed E-state index contributed by atoms with van der Waals surface area (Å²) >= 11 is 0. The van der Waals surface area contributed by atoms with Gasteiger partial charge in [-0.2, -0.15) is 0 Å². The summed E-state index contributed by atoms with van der Waals surface area (Å²) in [5.41, 5.74) is -0.113. The van der Waals surface area contributed by atoms with E-state index in [1.54, 1.807) is 26.0 Å². The molecule has 2 aromatic carbocycles. The summed E-state index contributed by atoms with van der Waals surface area (Å²) in [6.07, 6.45) is -1.83. The Kier molecular flexibility index (Phi) is 6.79. The van der Waals surface area contributed by atoms with Gasteiger partial charge in [0.05, 0.1) is 42.1 Å². The van der Waals surface area contributed by atoms with E-state index in [9.17, 15) is 29.7 Å². The van der Waals surface area contributed by atoms with Crippen LogP contribution in [0, 0.1) is 11.8 Å². The summed E-state index contributed by atoms with van der Waals surface area (Å²) in [5.74, 6) is -2.64. The van der Waals surface area contributed by atoms with Crippen molar-refractivity contribution < 1.29 is 43.9 Å². The fraction of sp³-hybridized carbons (Fsp3) is 0.483. The van der Waals surface area contributed by atoms with E-state index in [0.717, 1.165) is 0 Å². The first kappa shape index (κ1) is 26.3. The number of fused-ring (bicyclic) bond motifs is 3. The molecule has 0 spiro atoms. The Bertz CT molecular complexity index is 1320. The van der Waals surface area contributed by atoms with Crippen LogP contribution in [0.15, 0.2) is 18.2 Å². The van der Waals surface area contributed by atoms with Gasteiger partial charge >= 0.3 is 0 Å². The summed E-state index contributed by atoms with van der Waals surface area (Å²) in [5, 5.41) is 33.2. The molecule has 2 aliphatic carbocycles. The third kappa shape index (κ3) is 4.00. The van der Waals surface area contributed by atoms with Crippen LogP contribution < -0.4 is 4.74 Å². The van der Waals surface area contributed by atoms with E-state index >= 15 is 0 Å². The fourth-order valence-electron chi connectivity index (χ4n) is 6.09. The van der Waals surface area contributed by atoms with Crippen LogP contribution >= 0.6 is 0 Å². The topological polar surface area (TPSA) is 140 Å². The number of aliphatic hydroxyl groups excluding tert-OH is 1. The molecule has 1 heterocycles. The average Bonchev–Trinajstić information content (AvgIpc) is 2.90. The number of Topliss-reactive ketones (excluding diaryl/α,β-unsaturated/α-hetero) is 1. The molecule has 9 heteroatoms. The molecule has 0 aromatic heterocycles. The number of carbonyl (C=O) groups is 3. The highest BCUT2D eigenvalue weighted by Crippen LogP contribution is 2.52. The highest BCUT2D eigenvalue weighted by Gasteiger charge is 2.45. The molecule has 1 fully saturated rings. The van der Waals surface area contributed by atoms with Crippen molar-refractivity contribution >= 4 is 17.3 Å². The van der Waals surface area contributed by atoms with Crippen LogP contribution in [0.5, 0.6) is 17.2 Å². The van der Waals surface area contributed by atoms with Crippen molar-refractivity contribution in [3.8, 4) is 17.2 Å². The third-order valence-corrected chi connectivity index (χ3v) is 8.15. The van der Waals surface area contributed by atoms with E-state index < -0.39 is 53.6 Å². The van der Waals surface area contributed by atoms with Gasteiger partial charge in [0.25, 0.3) is 0 Å². The lowest BCUT2D eigenvalue weighted by atomic mass is 9.73. The Labute approximate surface area is 220 Å². The predicted octanol–water partition coefficient (Wildman–Crippen LogP) is 3.61. The second-order valence-corrected chi connectivity index (χ2v) is 10.4. The molecule has 5 rings (SSSR count). The number of phenols is 2. The molecule has 38 heavy (non-hydrogen) atoms. The van der Waals surface area contributed by atoms with Crippen LogP contribution in [0.25, 0.3) is 0 Å². The lowest BCUT2D eigenvalue weighted by Gasteiger charge is -2.40. The minimum atomic E-state index is -0.892. The molecular weight excluding hydrogens is 492 g/mol. The average molecular weight is 525 g/mol. The van der Waals surface area contributed by atoms with Gasteiger partial charge in [0, 0.05) is 35.4 Å². The van der Waals surface area contributed by atoms with Gasteiger partial charge in [0.2, 0.25) is 5.78 Å². The predicted molar refractivity (Wildman–Crippen MR) is 135 cm³/mol.